The van der Waals surface area contributed by atoms with E-state index in [1.165, 1.54) is 0 Å². The van der Waals surface area contributed by atoms with Crippen LogP contribution in [-0.4, -0.2) is 11.9 Å². The number of nitrogens with one attached hydrogen (secondary N) is 1. The molecule has 2 atom stereocenters. The van der Waals surface area contributed by atoms with E-state index >= 15 is 0 Å². The van der Waals surface area contributed by atoms with Crippen LogP contribution in [0.5, 0.6) is 0 Å². The van der Waals surface area contributed by atoms with Crippen LogP contribution in [0.4, 0.5) is 0 Å². The van der Waals surface area contributed by atoms with Crippen molar-refractivity contribution in [3.05, 3.63) is 60.1 Å². The predicted molar refractivity (Wildman–Crippen MR) is 79.4 cm³/mol. The molecule has 0 spiro atoms. The Morgan fingerprint density at radius 2 is 2.00 bits per heavy atom. The van der Waals surface area contributed by atoms with Gasteiger partial charge in [-0.15, -0.1) is 0 Å². The number of benzene rings is 1. The van der Waals surface area contributed by atoms with Gasteiger partial charge < -0.3 is 15.1 Å². The van der Waals surface area contributed by atoms with Gasteiger partial charge in [0.15, 0.2) is 11.8 Å². The monoisotopic (exact) mass is 285 g/mol. The first kappa shape index (κ1) is 13.9. The van der Waals surface area contributed by atoms with E-state index in [0.29, 0.717) is 6.04 Å². The highest BCUT2D eigenvalue weighted by atomic mass is 16.3. The van der Waals surface area contributed by atoms with Gasteiger partial charge in [-0.05, 0) is 31.9 Å². The van der Waals surface area contributed by atoms with Crippen LogP contribution in [0.3, 0.4) is 0 Å². The molecule has 0 unspecified atom stereocenters. The van der Waals surface area contributed by atoms with Crippen LogP contribution >= 0.6 is 0 Å². The zero-order chi connectivity index (χ0) is 14.7. The number of hydrogen-bond donors (Lipinski definition) is 2. The summed E-state index contributed by atoms with van der Waals surface area (Å²) in [5.41, 5.74) is 1.02. The number of carbonyl (C=O) groups is 1. The average Bonchev–Trinajstić information content (AvgIpc) is 3.15. The van der Waals surface area contributed by atoms with Crippen molar-refractivity contribution >= 4 is 5.91 Å². The Morgan fingerprint density at radius 3 is 2.62 bits per heavy atom. The lowest BCUT2D eigenvalue weighted by molar-refractivity contribution is -0.721. The highest BCUT2D eigenvalue weighted by molar-refractivity contribution is 5.82. The first-order valence-electron chi connectivity index (χ1n) is 7.48. The third-order valence-electron chi connectivity index (χ3n) is 3.84. The maximum absolute atomic E-state index is 12.5. The number of carbonyl (C=O) groups excluding carboxylic acids is 1. The standard InChI is InChI=1S/C17H20N2O2/c1-12(15-8-5-11-21-15)18-16(13-6-3-2-4-7-13)17(20)19-14-9-10-14/h2-8,11-12,14,16,18H,9-10H2,1H3,(H,19,20)/p+1/t12-,16+/m0/s1. The normalized spacial score (nSPS) is 17.2. The summed E-state index contributed by atoms with van der Waals surface area (Å²) in [6, 6.07) is 14.0. The van der Waals surface area contributed by atoms with Gasteiger partial charge in [0, 0.05) is 11.6 Å². The quantitative estimate of drug-likeness (QED) is 0.852. The maximum atomic E-state index is 12.5. The van der Waals surface area contributed by atoms with Crippen molar-refractivity contribution in [1.82, 2.24) is 5.32 Å². The van der Waals surface area contributed by atoms with Gasteiger partial charge >= 0.3 is 0 Å². The van der Waals surface area contributed by atoms with E-state index in [0.717, 1.165) is 24.2 Å². The first-order valence-corrected chi connectivity index (χ1v) is 7.48. The lowest BCUT2D eigenvalue weighted by Crippen LogP contribution is -2.88. The molecule has 1 saturated carbocycles. The van der Waals surface area contributed by atoms with Gasteiger partial charge in [0.2, 0.25) is 0 Å². The Balaban J connectivity index is 1.76. The predicted octanol–water partition coefficient (Wildman–Crippen LogP) is 1.92. The molecule has 0 aliphatic heterocycles. The lowest BCUT2D eigenvalue weighted by Gasteiger charge is -2.19. The van der Waals surface area contributed by atoms with E-state index in [-0.39, 0.29) is 18.0 Å². The van der Waals surface area contributed by atoms with Crippen molar-refractivity contribution in [1.29, 1.82) is 0 Å². The molecule has 0 saturated heterocycles. The van der Waals surface area contributed by atoms with Crippen LogP contribution < -0.4 is 10.6 Å². The Bertz CT molecular complexity index is 576. The lowest BCUT2D eigenvalue weighted by atomic mass is 10.0. The summed E-state index contributed by atoms with van der Waals surface area (Å²) in [6.07, 6.45) is 3.86. The van der Waals surface area contributed by atoms with E-state index in [4.69, 9.17) is 4.42 Å². The fraction of sp³-hybridized carbons (Fsp3) is 0.353. The number of nitrogens with two attached hydrogens (primary N) is 1. The van der Waals surface area contributed by atoms with Gasteiger partial charge in [-0.2, -0.15) is 0 Å². The molecular formula is C17H21N2O2+. The number of furan rings is 1. The highest BCUT2D eigenvalue weighted by Gasteiger charge is 2.32. The third kappa shape index (κ3) is 3.52. The zero-order valence-electron chi connectivity index (χ0n) is 12.2. The van der Waals surface area contributed by atoms with Crippen molar-refractivity contribution in [2.75, 3.05) is 0 Å². The van der Waals surface area contributed by atoms with Crippen LogP contribution in [0.15, 0.2) is 53.1 Å². The van der Waals surface area contributed by atoms with E-state index < -0.39 is 0 Å². The Morgan fingerprint density at radius 1 is 1.24 bits per heavy atom. The van der Waals surface area contributed by atoms with E-state index in [9.17, 15) is 4.79 Å². The molecule has 4 heteroatoms. The molecule has 0 radical (unpaired) electrons. The molecule has 0 bridgehead atoms. The molecule has 1 aromatic carbocycles. The van der Waals surface area contributed by atoms with Crippen molar-refractivity contribution < 1.29 is 14.5 Å². The van der Waals surface area contributed by atoms with Crippen molar-refractivity contribution in [2.24, 2.45) is 0 Å². The molecule has 1 aliphatic carbocycles. The summed E-state index contributed by atoms with van der Waals surface area (Å²) >= 11 is 0. The number of rotatable bonds is 6. The van der Waals surface area contributed by atoms with Gasteiger partial charge in [-0.3, -0.25) is 4.79 Å². The molecule has 1 fully saturated rings. The first-order chi connectivity index (χ1) is 10.2. The van der Waals surface area contributed by atoms with E-state index in [1.807, 2.05) is 42.5 Å². The molecule has 3 rings (SSSR count). The topological polar surface area (TPSA) is 58.9 Å². The maximum Gasteiger partial charge on any atom is 0.283 e. The fourth-order valence-electron chi connectivity index (χ4n) is 2.46. The summed E-state index contributed by atoms with van der Waals surface area (Å²) in [5, 5.41) is 5.16. The zero-order valence-corrected chi connectivity index (χ0v) is 12.2. The molecule has 1 amide bonds. The third-order valence-corrected chi connectivity index (χ3v) is 3.84. The molecule has 3 N–H and O–H groups in total. The van der Waals surface area contributed by atoms with Crippen LogP contribution in [0.2, 0.25) is 0 Å². The summed E-state index contributed by atoms with van der Waals surface area (Å²) in [4.78, 5) is 12.5. The van der Waals surface area contributed by atoms with Gasteiger partial charge in [0.25, 0.3) is 5.91 Å². The number of amides is 1. The van der Waals surface area contributed by atoms with Gasteiger partial charge in [-0.1, -0.05) is 30.3 Å². The van der Waals surface area contributed by atoms with Gasteiger partial charge in [0.05, 0.1) is 6.26 Å². The Hall–Kier alpha value is -2.07. The molecule has 110 valence electrons. The van der Waals surface area contributed by atoms with Gasteiger partial charge in [-0.25, -0.2) is 0 Å². The average molecular weight is 285 g/mol. The van der Waals surface area contributed by atoms with Crippen LogP contribution in [0, 0.1) is 0 Å². The van der Waals surface area contributed by atoms with Gasteiger partial charge in [0.1, 0.15) is 6.04 Å². The number of quaternary nitrogens is 1. The summed E-state index contributed by atoms with van der Waals surface area (Å²) in [6.45, 7) is 2.05. The summed E-state index contributed by atoms with van der Waals surface area (Å²) < 4.78 is 5.44. The minimum absolute atomic E-state index is 0.0853. The van der Waals surface area contributed by atoms with Crippen molar-refractivity contribution in [2.45, 2.75) is 37.9 Å². The summed E-state index contributed by atoms with van der Waals surface area (Å²) in [5.74, 6) is 0.970. The van der Waals surface area contributed by atoms with E-state index in [2.05, 4.69) is 17.6 Å². The van der Waals surface area contributed by atoms with Crippen molar-refractivity contribution in [3.63, 3.8) is 0 Å². The second-order valence-corrected chi connectivity index (χ2v) is 5.67. The minimum atomic E-state index is -0.244. The molecular weight excluding hydrogens is 264 g/mol. The number of hydrogen-bond acceptors (Lipinski definition) is 2. The molecule has 1 heterocycles. The summed E-state index contributed by atoms with van der Waals surface area (Å²) in [7, 11) is 0. The minimum Gasteiger partial charge on any atom is -0.463 e. The highest BCUT2D eigenvalue weighted by Crippen LogP contribution is 2.20. The van der Waals surface area contributed by atoms with Crippen molar-refractivity contribution in [3.8, 4) is 0 Å². The largest absolute Gasteiger partial charge is 0.463 e. The Kier molecular flexibility index (Phi) is 4.06. The molecule has 1 aliphatic rings. The second kappa shape index (κ2) is 6.14. The SMILES string of the molecule is C[C@H]([NH2+][C@@H](C(=O)NC1CC1)c1ccccc1)c1ccco1. The van der Waals surface area contributed by atoms with Crippen LogP contribution in [0.25, 0.3) is 0 Å². The fourth-order valence-corrected chi connectivity index (χ4v) is 2.46. The smallest absolute Gasteiger partial charge is 0.283 e. The molecule has 4 nitrogen and oxygen atoms in total. The van der Waals surface area contributed by atoms with E-state index in [1.54, 1.807) is 6.26 Å². The molecule has 1 aromatic heterocycles. The second-order valence-electron chi connectivity index (χ2n) is 5.67. The van der Waals surface area contributed by atoms with Crippen LogP contribution in [0.1, 0.15) is 43.2 Å². The molecule has 2 aromatic rings. The van der Waals surface area contributed by atoms with Crippen LogP contribution in [-0.2, 0) is 4.79 Å². The Labute approximate surface area is 124 Å². The molecule has 21 heavy (non-hydrogen) atoms.